The van der Waals surface area contributed by atoms with Crippen LogP contribution >= 0.6 is 0 Å². The fraction of sp³-hybridized carbons (Fsp3) is 0.211. The molecule has 13 heteroatoms. The maximum Gasteiger partial charge on any atom is 0.322 e. The van der Waals surface area contributed by atoms with E-state index in [4.69, 9.17) is 18.9 Å². The second kappa shape index (κ2) is 16.9. The standard InChI is InChI=1S/C38H40N2O10S/c1-47-33-17-15-29(23-31(33)39-25-35(41)42)37(49-3,21-19-27-11-7-5-8-12-27)51(45,46)38(50-4,22-20-28-13-9-6-10-14-28)30-16-18-34(48-2)32(24-30)40-26-36(43)44/h5-24,39-40H,25-26H2,1-4H3,(H,41,42)(H,43,44). The third-order valence-electron chi connectivity index (χ3n) is 8.06. The highest BCUT2D eigenvalue weighted by atomic mass is 32.2. The zero-order valence-corrected chi connectivity index (χ0v) is 29.3. The van der Waals surface area contributed by atoms with Gasteiger partial charge in [-0.3, -0.25) is 9.59 Å². The molecule has 0 amide bonds. The summed E-state index contributed by atoms with van der Waals surface area (Å²) in [6.45, 7) is -0.960. The Morgan fingerprint density at radius 3 is 1.31 bits per heavy atom. The lowest BCUT2D eigenvalue weighted by Crippen LogP contribution is -2.49. The van der Waals surface area contributed by atoms with Crippen molar-refractivity contribution in [3.63, 3.8) is 0 Å². The minimum absolute atomic E-state index is 0.0955. The molecule has 0 saturated heterocycles. The van der Waals surface area contributed by atoms with E-state index in [1.54, 1.807) is 60.7 Å². The van der Waals surface area contributed by atoms with Gasteiger partial charge in [0.25, 0.3) is 0 Å². The molecule has 4 aromatic carbocycles. The summed E-state index contributed by atoms with van der Waals surface area (Å²) < 4.78 is 54.7. The fourth-order valence-electron chi connectivity index (χ4n) is 5.51. The van der Waals surface area contributed by atoms with Crippen molar-refractivity contribution in [2.24, 2.45) is 0 Å². The summed E-state index contributed by atoms with van der Waals surface area (Å²) in [4.78, 5) is 18.4. The lowest BCUT2D eigenvalue weighted by Gasteiger charge is -2.39. The predicted molar refractivity (Wildman–Crippen MR) is 195 cm³/mol. The van der Waals surface area contributed by atoms with E-state index >= 15 is 8.42 Å². The highest BCUT2D eigenvalue weighted by Gasteiger charge is 2.58. The summed E-state index contributed by atoms with van der Waals surface area (Å²) in [5.74, 6) is -1.76. The van der Waals surface area contributed by atoms with Gasteiger partial charge >= 0.3 is 11.9 Å². The van der Waals surface area contributed by atoms with Crippen molar-refractivity contribution in [3.8, 4) is 11.5 Å². The molecule has 0 saturated carbocycles. The maximum absolute atomic E-state index is 15.8. The molecule has 0 bridgehead atoms. The smallest absolute Gasteiger partial charge is 0.322 e. The summed E-state index contributed by atoms with van der Waals surface area (Å²) in [7, 11) is 0.444. The average Bonchev–Trinajstić information content (AvgIpc) is 3.14. The minimum Gasteiger partial charge on any atom is -0.495 e. The van der Waals surface area contributed by atoms with Crippen LogP contribution < -0.4 is 20.1 Å². The van der Waals surface area contributed by atoms with Crippen LogP contribution in [0.5, 0.6) is 11.5 Å². The van der Waals surface area contributed by atoms with Gasteiger partial charge < -0.3 is 39.8 Å². The van der Waals surface area contributed by atoms with Crippen molar-refractivity contribution in [1.29, 1.82) is 0 Å². The number of hydrogen-bond donors (Lipinski definition) is 4. The molecule has 0 spiro atoms. The minimum atomic E-state index is -4.86. The quantitative estimate of drug-likeness (QED) is 0.0973. The van der Waals surface area contributed by atoms with Crippen molar-refractivity contribution < 1.29 is 47.2 Å². The van der Waals surface area contributed by atoms with Crippen LogP contribution in [0.4, 0.5) is 11.4 Å². The maximum atomic E-state index is 15.8. The van der Waals surface area contributed by atoms with Crippen LogP contribution in [0, 0.1) is 0 Å². The zero-order chi connectivity index (χ0) is 37.1. The number of ether oxygens (including phenoxy) is 4. The Morgan fingerprint density at radius 1 is 0.627 bits per heavy atom. The lowest BCUT2D eigenvalue weighted by atomic mass is 10.0. The number of aliphatic carboxylic acids is 2. The number of nitrogens with one attached hydrogen (secondary N) is 2. The third-order valence-corrected chi connectivity index (χ3v) is 10.7. The molecule has 0 aliphatic carbocycles. The van der Waals surface area contributed by atoms with E-state index in [2.05, 4.69) is 10.6 Å². The summed E-state index contributed by atoms with van der Waals surface area (Å²) >= 11 is 0. The number of methoxy groups -OCH3 is 4. The fourth-order valence-corrected chi connectivity index (χ4v) is 7.76. The van der Waals surface area contributed by atoms with Crippen LogP contribution in [0.2, 0.25) is 0 Å². The van der Waals surface area contributed by atoms with Gasteiger partial charge in [0.2, 0.25) is 19.7 Å². The van der Waals surface area contributed by atoms with Gasteiger partial charge in [0.05, 0.1) is 25.6 Å². The highest BCUT2D eigenvalue weighted by molar-refractivity contribution is 7.93. The number of hydrogen-bond acceptors (Lipinski definition) is 10. The van der Waals surface area contributed by atoms with Gasteiger partial charge in [-0.05, 0) is 47.5 Å². The first-order valence-electron chi connectivity index (χ1n) is 15.6. The molecular weight excluding hydrogens is 676 g/mol. The van der Waals surface area contributed by atoms with Gasteiger partial charge in [0.15, 0.2) is 0 Å². The predicted octanol–water partition coefficient (Wildman–Crippen LogP) is 5.84. The van der Waals surface area contributed by atoms with E-state index in [-0.39, 0.29) is 34.0 Å². The Labute approximate surface area is 296 Å². The van der Waals surface area contributed by atoms with Crippen LogP contribution in [-0.2, 0) is 38.8 Å². The van der Waals surface area contributed by atoms with E-state index in [1.165, 1.54) is 77.0 Å². The monoisotopic (exact) mass is 716 g/mol. The molecule has 268 valence electrons. The Hall–Kier alpha value is -5.63. The van der Waals surface area contributed by atoms with E-state index in [0.717, 1.165) is 0 Å². The van der Waals surface area contributed by atoms with Crippen molar-refractivity contribution >= 4 is 45.3 Å². The Balaban J connectivity index is 2.10. The molecule has 2 atom stereocenters. The molecule has 4 N–H and O–H groups in total. The summed E-state index contributed by atoms with van der Waals surface area (Å²) in [6.07, 6.45) is 6.01. The van der Waals surface area contributed by atoms with Gasteiger partial charge in [-0.25, -0.2) is 8.42 Å². The molecule has 0 radical (unpaired) electrons. The van der Waals surface area contributed by atoms with E-state index in [1.807, 2.05) is 12.1 Å². The Kier molecular flexibility index (Phi) is 12.6. The van der Waals surface area contributed by atoms with E-state index < -0.39 is 44.7 Å². The van der Waals surface area contributed by atoms with Gasteiger partial charge in [0.1, 0.15) is 24.6 Å². The van der Waals surface area contributed by atoms with Crippen LogP contribution in [0.15, 0.2) is 109 Å². The average molecular weight is 717 g/mol. The normalized spacial score (nSPS) is 14.0. The SMILES string of the molecule is COc1ccc(C(C=Cc2ccccc2)(OC)S(=O)(=O)C(C=Cc2ccccc2)(OC)c2ccc(OC)c(NCC(=O)O)c2)cc1NCC(=O)O. The van der Waals surface area contributed by atoms with Gasteiger partial charge in [-0.2, -0.15) is 0 Å². The summed E-state index contributed by atoms with van der Waals surface area (Å²) in [5.41, 5.74) is 1.93. The number of benzene rings is 4. The zero-order valence-electron chi connectivity index (χ0n) is 28.5. The highest BCUT2D eigenvalue weighted by Crippen LogP contribution is 2.49. The van der Waals surface area contributed by atoms with E-state index in [0.29, 0.717) is 11.1 Å². The van der Waals surface area contributed by atoms with Crippen molar-refractivity contribution in [3.05, 3.63) is 131 Å². The second-order valence-corrected chi connectivity index (χ2v) is 13.3. The number of carboxylic acids is 2. The summed E-state index contributed by atoms with van der Waals surface area (Å²) in [6, 6.07) is 27.0. The first kappa shape index (κ1) is 38.2. The van der Waals surface area contributed by atoms with Crippen LogP contribution in [0.25, 0.3) is 12.2 Å². The molecule has 0 heterocycles. The van der Waals surface area contributed by atoms with Gasteiger partial charge in [-0.1, -0.05) is 84.9 Å². The number of carbonyl (C=O) groups is 2. The molecule has 4 rings (SSSR count). The number of sulfone groups is 1. The number of carboxylic acid groups (broad SMARTS) is 2. The molecule has 4 aromatic rings. The molecular formula is C38H40N2O10S. The topological polar surface area (TPSA) is 170 Å². The lowest BCUT2D eigenvalue weighted by molar-refractivity contribution is -0.135. The van der Waals surface area contributed by atoms with Gasteiger partial charge in [0, 0.05) is 25.3 Å². The van der Waals surface area contributed by atoms with Crippen molar-refractivity contribution in [1.82, 2.24) is 0 Å². The van der Waals surface area contributed by atoms with Crippen LogP contribution in [-0.4, -0.2) is 72.1 Å². The summed E-state index contributed by atoms with van der Waals surface area (Å²) in [5, 5.41) is 24.4. The Morgan fingerprint density at radius 2 is 1.00 bits per heavy atom. The van der Waals surface area contributed by atoms with Crippen molar-refractivity contribution in [2.45, 2.75) is 9.87 Å². The van der Waals surface area contributed by atoms with E-state index in [9.17, 15) is 19.8 Å². The van der Waals surface area contributed by atoms with Gasteiger partial charge in [-0.15, -0.1) is 0 Å². The molecule has 0 fully saturated rings. The molecule has 0 aliphatic rings. The Bertz CT molecular complexity index is 1850. The first-order valence-corrected chi connectivity index (χ1v) is 17.1. The largest absolute Gasteiger partial charge is 0.495 e. The van der Waals surface area contributed by atoms with Crippen molar-refractivity contribution in [2.75, 3.05) is 52.2 Å². The molecule has 51 heavy (non-hydrogen) atoms. The number of anilines is 2. The third kappa shape index (κ3) is 8.23. The first-order chi connectivity index (χ1) is 24.5. The van der Waals surface area contributed by atoms with Crippen LogP contribution in [0.1, 0.15) is 22.3 Å². The molecule has 0 aliphatic heterocycles. The van der Waals surface area contributed by atoms with Crippen LogP contribution in [0.3, 0.4) is 0 Å². The molecule has 12 nitrogen and oxygen atoms in total. The molecule has 0 aromatic heterocycles. The second-order valence-electron chi connectivity index (χ2n) is 11.1. The number of rotatable bonds is 18. The molecule has 2 unspecified atom stereocenters.